The van der Waals surface area contributed by atoms with Crippen LogP contribution in [0.4, 0.5) is 0 Å². The van der Waals surface area contributed by atoms with Gasteiger partial charge in [0, 0.05) is 11.5 Å². The van der Waals surface area contributed by atoms with Gasteiger partial charge in [-0.25, -0.2) is 0 Å². The Morgan fingerprint density at radius 2 is 2.05 bits per heavy atom. The van der Waals surface area contributed by atoms with Gasteiger partial charge in [-0.2, -0.15) is 4.98 Å². The van der Waals surface area contributed by atoms with Gasteiger partial charge in [-0.3, -0.25) is 9.69 Å². The lowest BCUT2D eigenvalue weighted by Gasteiger charge is -2.29. The number of carbonyl (C=O) groups is 1. The zero-order valence-corrected chi connectivity index (χ0v) is 12.6. The van der Waals surface area contributed by atoms with E-state index in [9.17, 15) is 4.79 Å². The van der Waals surface area contributed by atoms with Crippen molar-refractivity contribution in [3.05, 3.63) is 36.2 Å². The number of esters is 1. The van der Waals surface area contributed by atoms with E-state index in [1.807, 2.05) is 30.3 Å². The zero-order valence-electron chi connectivity index (χ0n) is 12.6. The molecule has 0 spiro atoms. The van der Waals surface area contributed by atoms with E-state index in [0.29, 0.717) is 18.3 Å². The smallest absolute Gasteiger partial charge is 0.319 e. The number of aromatic nitrogens is 2. The van der Waals surface area contributed by atoms with Gasteiger partial charge in [0.25, 0.3) is 0 Å². The van der Waals surface area contributed by atoms with Gasteiger partial charge < -0.3 is 9.26 Å². The number of methoxy groups -OCH3 is 1. The van der Waals surface area contributed by atoms with Gasteiger partial charge in [-0.05, 0) is 25.9 Å². The first kappa shape index (κ1) is 14.7. The highest BCUT2D eigenvalue weighted by atomic mass is 16.5. The van der Waals surface area contributed by atoms with Crippen LogP contribution in [0.5, 0.6) is 0 Å². The number of benzene rings is 1. The molecule has 6 heteroatoms. The zero-order chi connectivity index (χ0) is 15.4. The van der Waals surface area contributed by atoms with E-state index in [-0.39, 0.29) is 11.9 Å². The molecule has 0 unspecified atom stereocenters. The maximum absolute atomic E-state index is 11.3. The summed E-state index contributed by atoms with van der Waals surface area (Å²) in [4.78, 5) is 17.9. The molecule has 1 aliphatic rings. The van der Waals surface area contributed by atoms with E-state index in [1.54, 1.807) is 0 Å². The second-order valence-corrected chi connectivity index (χ2v) is 5.45. The largest absolute Gasteiger partial charge is 0.468 e. The Bertz CT molecular complexity index is 619. The van der Waals surface area contributed by atoms with Crippen molar-refractivity contribution in [2.24, 2.45) is 0 Å². The van der Waals surface area contributed by atoms with Crippen LogP contribution in [0.25, 0.3) is 11.4 Å². The predicted octanol–water partition coefficient (Wildman–Crippen LogP) is 2.09. The molecule has 0 saturated carbocycles. The van der Waals surface area contributed by atoms with Gasteiger partial charge in [0.05, 0.1) is 13.7 Å². The number of ether oxygens (including phenoxy) is 1. The third kappa shape index (κ3) is 3.33. The van der Waals surface area contributed by atoms with Crippen LogP contribution in [0.3, 0.4) is 0 Å². The van der Waals surface area contributed by atoms with E-state index in [2.05, 4.69) is 15.0 Å². The first-order chi connectivity index (χ1) is 10.8. The normalized spacial score (nSPS) is 16.6. The molecule has 1 aliphatic heterocycles. The molecule has 2 aromatic rings. The Morgan fingerprint density at radius 1 is 1.32 bits per heavy atom. The first-order valence-corrected chi connectivity index (χ1v) is 7.44. The van der Waals surface area contributed by atoms with Crippen molar-refractivity contribution >= 4 is 5.97 Å². The van der Waals surface area contributed by atoms with Crippen LogP contribution in [0.1, 0.15) is 24.7 Å². The highest BCUT2D eigenvalue weighted by Crippen LogP contribution is 2.28. The van der Waals surface area contributed by atoms with Gasteiger partial charge in [0.1, 0.15) is 0 Å². The average Bonchev–Trinajstić information content (AvgIpc) is 3.06. The van der Waals surface area contributed by atoms with Crippen molar-refractivity contribution in [2.75, 3.05) is 26.7 Å². The van der Waals surface area contributed by atoms with Crippen LogP contribution in [0.15, 0.2) is 34.9 Å². The number of carbonyl (C=O) groups excluding carboxylic acids is 1. The van der Waals surface area contributed by atoms with Gasteiger partial charge in [0.15, 0.2) is 0 Å². The van der Waals surface area contributed by atoms with E-state index >= 15 is 0 Å². The van der Waals surface area contributed by atoms with Gasteiger partial charge in [0.2, 0.25) is 11.7 Å². The van der Waals surface area contributed by atoms with Crippen molar-refractivity contribution in [2.45, 2.75) is 18.8 Å². The molecule has 0 amide bonds. The molecule has 0 atom stereocenters. The summed E-state index contributed by atoms with van der Waals surface area (Å²) in [5.74, 6) is 1.39. The van der Waals surface area contributed by atoms with Gasteiger partial charge in [-0.1, -0.05) is 35.5 Å². The molecule has 22 heavy (non-hydrogen) atoms. The molecule has 2 heterocycles. The molecule has 0 aliphatic carbocycles. The highest BCUT2D eigenvalue weighted by Gasteiger charge is 2.26. The molecule has 116 valence electrons. The predicted molar refractivity (Wildman–Crippen MR) is 80.2 cm³/mol. The van der Waals surface area contributed by atoms with Crippen molar-refractivity contribution < 1.29 is 14.1 Å². The molecule has 3 rings (SSSR count). The van der Waals surface area contributed by atoms with Crippen molar-refractivity contribution in [1.29, 1.82) is 0 Å². The number of hydrogen-bond acceptors (Lipinski definition) is 6. The Hall–Kier alpha value is -2.21. The van der Waals surface area contributed by atoms with Crippen LogP contribution < -0.4 is 0 Å². The van der Waals surface area contributed by atoms with Crippen molar-refractivity contribution in [3.8, 4) is 11.4 Å². The van der Waals surface area contributed by atoms with E-state index in [4.69, 9.17) is 9.26 Å². The van der Waals surface area contributed by atoms with Crippen LogP contribution in [-0.2, 0) is 9.53 Å². The van der Waals surface area contributed by atoms with E-state index < -0.39 is 0 Å². The lowest BCUT2D eigenvalue weighted by molar-refractivity contribution is -0.142. The van der Waals surface area contributed by atoms with Crippen LogP contribution in [0, 0.1) is 0 Å². The summed E-state index contributed by atoms with van der Waals surface area (Å²) < 4.78 is 10.1. The maximum atomic E-state index is 11.3. The summed E-state index contributed by atoms with van der Waals surface area (Å²) in [6.45, 7) is 2.02. The molecule has 1 aromatic carbocycles. The molecule has 0 bridgehead atoms. The second-order valence-electron chi connectivity index (χ2n) is 5.45. The SMILES string of the molecule is COC(=O)CN1CCC(c2nc(-c3ccccc3)no2)CC1. The quantitative estimate of drug-likeness (QED) is 0.805. The fourth-order valence-electron chi connectivity index (χ4n) is 2.69. The minimum absolute atomic E-state index is 0.192. The van der Waals surface area contributed by atoms with Crippen LogP contribution in [0.2, 0.25) is 0 Å². The Morgan fingerprint density at radius 3 is 2.73 bits per heavy atom. The minimum Gasteiger partial charge on any atom is -0.468 e. The highest BCUT2D eigenvalue weighted by molar-refractivity contribution is 5.71. The van der Waals surface area contributed by atoms with Crippen molar-refractivity contribution in [3.63, 3.8) is 0 Å². The first-order valence-electron chi connectivity index (χ1n) is 7.44. The molecule has 6 nitrogen and oxygen atoms in total. The second kappa shape index (κ2) is 6.70. The summed E-state index contributed by atoms with van der Waals surface area (Å²) in [6.07, 6.45) is 1.82. The van der Waals surface area contributed by atoms with Crippen molar-refractivity contribution in [1.82, 2.24) is 15.0 Å². The third-order valence-corrected chi connectivity index (χ3v) is 3.99. The molecule has 1 aromatic heterocycles. The molecule has 0 N–H and O–H groups in total. The fourth-order valence-corrected chi connectivity index (χ4v) is 2.69. The number of nitrogens with zero attached hydrogens (tertiary/aromatic N) is 3. The summed E-state index contributed by atoms with van der Waals surface area (Å²) in [6, 6.07) is 9.80. The van der Waals surface area contributed by atoms with Gasteiger partial charge in [-0.15, -0.1) is 0 Å². The van der Waals surface area contributed by atoms with Crippen LogP contribution >= 0.6 is 0 Å². The number of likely N-dealkylation sites (tertiary alicyclic amines) is 1. The lowest BCUT2D eigenvalue weighted by atomic mass is 9.97. The molecule has 1 fully saturated rings. The summed E-state index contributed by atoms with van der Waals surface area (Å²) in [5, 5.41) is 4.07. The fraction of sp³-hybridized carbons (Fsp3) is 0.438. The maximum Gasteiger partial charge on any atom is 0.319 e. The monoisotopic (exact) mass is 301 g/mol. The standard InChI is InChI=1S/C16H19N3O3/c1-21-14(20)11-19-9-7-13(8-10-19)16-17-15(18-22-16)12-5-3-2-4-6-12/h2-6,13H,7-11H2,1H3. The summed E-state index contributed by atoms with van der Waals surface area (Å²) in [5.41, 5.74) is 0.959. The van der Waals surface area contributed by atoms with Crippen LogP contribution in [-0.4, -0.2) is 47.8 Å². The van der Waals surface area contributed by atoms with E-state index in [0.717, 1.165) is 31.5 Å². The third-order valence-electron chi connectivity index (χ3n) is 3.99. The Kier molecular flexibility index (Phi) is 4.48. The minimum atomic E-state index is -0.192. The van der Waals surface area contributed by atoms with Gasteiger partial charge >= 0.3 is 5.97 Å². The lowest BCUT2D eigenvalue weighted by Crippen LogP contribution is -2.37. The number of rotatable bonds is 4. The van der Waals surface area contributed by atoms with E-state index in [1.165, 1.54) is 7.11 Å². The number of hydrogen-bond donors (Lipinski definition) is 0. The number of piperidine rings is 1. The molecule has 1 saturated heterocycles. The summed E-state index contributed by atoms with van der Waals surface area (Å²) in [7, 11) is 1.42. The molecular weight excluding hydrogens is 282 g/mol. The molecule has 0 radical (unpaired) electrons. The Labute approximate surface area is 129 Å². The summed E-state index contributed by atoms with van der Waals surface area (Å²) >= 11 is 0. The molecular formula is C16H19N3O3. The Balaban J connectivity index is 1.60. The topological polar surface area (TPSA) is 68.5 Å². The average molecular weight is 301 g/mol.